The normalized spacial score (nSPS) is 18.1. The zero-order valence-corrected chi connectivity index (χ0v) is 21.6. The van der Waals surface area contributed by atoms with Gasteiger partial charge in [0.25, 0.3) is 5.91 Å². The summed E-state index contributed by atoms with van der Waals surface area (Å²) in [5, 5.41) is 16.8. The molecule has 0 spiro atoms. The highest BCUT2D eigenvalue weighted by Gasteiger charge is 2.28. The van der Waals surface area contributed by atoms with E-state index in [1.165, 1.54) is 11.1 Å². The molecule has 7 heteroatoms. The summed E-state index contributed by atoms with van der Waals surface area (Å²) in [6.45, 7) is 3.11. The first kappa shape index (κ1) is 24.8. The summed E-state index contributed by atoms with van der Waals surface area (Å²) < 4.78 is 0.929. The Morgan fingerprint density at radius 1 is 1.00 bits per heavy atom. The highest BCUT2D eigenvalue weighted by atomic mass is 79.9. The van der Waals surface area contributed by atoms with Crippen molar-refractivity contribution in [3.8, 4) is 0 Å². The van der Waals surface area contributed by atoms with Gasteiger partial charge in [0.1, 0.15) is 0 Å². The number of aliphatic hydroxyl groups is 1. The third-order valence-electron chi connectivity index (χ3n) is 7.03. The number of fused-ring (bicyclic) bond motifs is 2. The van der Waals surface area contributed by atoms with Crippen LogP contribution in [0.5, 0.6) is 0 Å². The van der Waals surface area contributed by atoms with Crippen LogP contribution in [-0.2, 0) is 19.4 Å². The maximum Gasteiger partial charge on any atom is 0.251 e. The van der Waals surface area contributed by atoms with E-state index >= 15 is 0 Å². The van der Waals surface area contributed by atoms with Crippen LogP contribution in [0.1, 0.15) is 49.0 Å². The third-order valence-corrected chi connectivity index (χ3v) is 7.56. The van der Waals surface area contributed by atoms with E-state index in [1.807, 2.05) is 42.5 Å². The largest absolute Gasteiger partial charge is 0.390 e. The zero-order chi connectivity index (χ0) is 25.1. The number of β-amino-alcohol motifs (C(OH)–C–C–N with tert-alkyl or cyclic N) is 1. The second kappa shape index (κ2) is 11.0. The third kappa shape index (κ3) is 5.60. The van der Waals surface area contributed by atoms with E-state index in [-0.39, 0.29) is 18.2 Å². The molecule has 1 amide bonds. The first-order valence-corrected chi connectivity index (χ1v) is 13.2. The first-order chi connectivity index (χ1) is 17.5. The molecule has 3 aromatic rings. The highest BCUT2D eigenvalue weighted by Crippen LogP contribution is 2.27. The van der Waals surface area contributed by atoms with Crippen LogP contribution in [0.15, 0.2) is 71.2 Å². The topological polar surface area (TPSA) is 81.7 Å². The summed E-state index contributed by atoms with van der Waals surface area (Å²) in [5.41, 5.74) is 5.79. The first-order valence-electron chi connectivity index (χ1n) is 12.4. The van der Waals surface area contributed by atoms with E-state index in [1.54, 1.807) is 6.07 Å². The molecule has 2 aliphatic heterocycles. The van der Waals surface area contributed by atoms with Gasteiger partial charge >= 0.3 is 0 Å². The van der Waals surface area contributed by atoms with Crippen molar-refractivity contribution in [3.63, 3.8) is 0 Å². The summed E-state index contributed by atoms with van der Waals surface area (Å²) >= 11 is 3.41. The predicted molar refractivity (Wildman–Crippen MR) is 143 cm³/mol. The van der Waals surface area contributed by atoms with Gasteiger partial charge in [-0.25, -0.2) is 0 Å². The van der Waals surface area contributed by atoms with Crippen molar-refractivity contribution in [3.05, 3.63) is 105 Å². The number of Topliss-reactive ketones (excluding diaryl/α,β-unsaturated/α-hetero) is 1. The number of amides is 1. The fourth-order valence-electron chi connectivity index (χ4n) is 5.11. The molecule has 36 heavy (non-hydrogen) atoms. The monoisotopic (exact) mass is 547 g/mol. The summed E-state index contributed by atoms with van der Waals surface area (Å²) in [6.07, 6.45) is 1.08. The summed E-state index contributed by atoms with van der Waals surface area (Å²) in [7, 11) is 0. The average Bonchev–Trinajstić information content (AvgIpc) is 2.91. The molecule has 0 fully saturated rings. The number of benzene rings is 3. The van der Waals surface area contributed by atoms with Gasteiger partial charge in [-0.3, -0.25) is 14.5 Å². The molecule has 0 saturated carbocycles. The number of rotatable bonds is 7. The van der Waals surface area contributed by atoms with Gasteiger partial charge in [-0.1, -0.05) is 58.4 Å². The molecule has 3 N–H and O–H groups in total. The van der Waals surface area contributed by atoms with Gasteiger partial charge in [-0.15, -0.1) is 0 Å². The van der Waals surface area contributed by atoms with Crippen molar-refractivity contribution >= 4 is 27.6 Å². The van der Waals surface area contributed by atoms with Crippen LogP contribution in [-0.4, -0.2) is 54.0 Å². The van der Waals surface area contributed by atoms with Crippen molar-refractivity contribution in [2.45, 2.75) is 31.5 Å². The fourth-order valence-corrected chi connectivity index (χ4v) is 5.37. The zero-order valence-electron chi connectivity index (χ0n) is 20.0. The van der Waals surface area contributed by atoms with Crippen LogP contribution in [0, 0.1) is 0 Å². The van der Waals surface area contributed by atoms with Gasteiger partial charge in [0, 0.05) is 48.3 Å². The number of hydrogen-bond donors (Lipinski definition) is 3. The second-order valence-electron chi connectivity index (χ2n) is 9.54. The molecule has 2 aliphatic rings. The Bertz CT molecular complexity index is 1260. The van der Waals surface area contributed by atoms with Crippen LogP contribution >= 0.6 is 15.9 Å². The van der Waals surface area contributed by atoms with Gasteiger partial charge in [-0.2, -0.15) is 0 Å². The second-order valence-corrected chi connectivity index (χ2v) is 10.5. The maximum atomic E-state index is 13.1. The van der Waals surface area contributed by atoms with Gasteiger partial charge in [0.05, 0.1) is 12.1 Å². The number of ketones is 1. The number of halogens is 1. The molecular formula is C29H30BrN3O3. The minimum atomic E-state index is -0.644. The lowest BCUT2D eigenvalue weighted by Gasteiger charge is -2.30. The van der Waals surface area contributed by atoms with Gasteiger partial charge in [0.15, 0.2) is 5.78 Å². The maximum absolute atomic E-state index is 13.1. The SMILES string of the molecule is O=C(NCC(O)CN1CCc2ccccc2C1)c1ccc2c(c1)CCNC2C(=O)c1ccc(Br)cc1. The summed E-state index contributed by atoms with van der Waals surface area (Å²) in [5.74, 6) is -0.195. The Morgan fingerprint density at radius 3 is 2.56 bits per heavy atom. The van der Waals surface area contributed by atoms with E-state index in [9.17, 15) is 14.7 Å². The van der Waals surface area contributed by atoms with Crippen molar-refractivity contribution in [1.82, 2.24) is 15.5 Å². The molecule has 2 unspecified atom stereocenters. The standard InChI is InChI=1S/C29H30BrN3O3/c30-24-8-5-20(6-9-24)28(35)27-26-10-7-22(15-21(26)11-13-31-27)29(36)32-16-25(34)18-33-14-12-19-3-1-2-4-23(19)17-33/h1-10,15,25,27,31,34H,11-14,16-18H2,(H,32,36). The summed E-state index contributed by atoms with van der Waals surface area (Å²) in [4.78, 5) is 28.2. The molecule has 6 nitrogen and oxygen atoms in total. The van der Waals surface area contributed by atoms with Crippen LogP contribution in [0.25, 0.3) is 0 Å². The molecule has 0 radical (unpaired) electrons. The molecule has 5 rings (SSSR count). The lowest BCUT2D eigenvalue weighted by molar-refractivity contribution is 0.0841. The van der Waals surface area contributed by atoms with E-state index in [4.69, 9.17) is 0 Å². The van der Waals surface area contributed by atoms with E-state index < -0.39 is 12.1 Å². The number of carbonyl (C=O) groups is 2. The minimum absolute atomic E-state index is 0.0177. The Kier molecular flexibility index (Phi) is 7.62. The molecule has 0 aromatic heterocycles. The van der Waals surface area contributed by atoms with E-state index in [0.717, 1.165) is 41.5 Å². The van der Waals surface area contributed by atoms with Crippen molar-refractivity contribution in [1.29, 1.82) is 0 Å². The lowest BCUT2D eigenvalue weighted by Crippen LogP contribution is -2.42. The molecule has 3 aromatic carbocycles. The van der Waals surface area contributed by atoms with Crippen LogP contribution < -0.4 is 10.6 Å². The smallest absolute Gasteiger partial charge is 0.251 e. The molecule has 2 heterocycles. The van der Waals surface area contributed by atoms with Gasteiger partial charge < -0.3 is 15.7 Å². The number of nitrogens with one attached hydrogen (secondary N) is 2. The van der Waals surface area contributed by atoms with Crippen LogP contribution in [0.2, 0.25) is 0 Å². The Labute approximate surface area is 219 Å². The number of nitrogens with zero attached hydrogens (tertiary/aromatic N) is 1. The number of carbonyl (C=O) groups excluding carboxylic acids is 2. The average molecular weight is 548 g/mol. The van der Waals surface area contributed by atoms with E-state index in [2.05, 4.69) is 49.7 Å². The Morgan fingerprint density at radius 2 is 1.75 bits per heavy atom. The van der Waals surface area contributed by atoms with Crippen molar-refractivity contribution in [2.24, 2.45) is 0 Å². The van der Waals surface area contributed by atoms with Crippen molar-refractivity contribution in [2.75, 3.05) is 26.2 Å². The Hall–Kier alpha value is -2.84. The molecule has 0 bridgehead atoms. The molecule has 0 saturated heterocycles. The highest BCUT2D eigenvalue weighted by molar-refractivity contribution is 9.10. The van der Waals surface area contributed by atoms with Gasteiger partial charge in [-0.05, 0) is 59.4 Å². The summed E-state index contributed by atoms with van der Waals surface area (Å²) in [6, 6.07) is 20.9. The predicted octanol–water partition coefficient (Wildman–Crippen LogP) is 3.67. The molecule has 2 atom stereocenters. The van der Waals surface area contributed by atoms with E-state index in [0.29, 0.717) is 24.2 Å². The Balaban J connectivity index is 1.18. The fraction of sp³-hybridized carbons (Fsp3) is 0.310. The van der Waals surface area contributed by atoms with Crippen LogP contribution in [0.3, 0.4) is 0 Å². The number of hydrogen-bond acceptors (Lipinski definition) is 5. The minimum Gasteiger partial charge on any atom is -0.390 e. The van der Waals surface area contributed by atoms with Crippen LogP contribution in [0.4, 0.5) is 0 Å². The molecular weight excluding hydrogens is 518 g/mol. The molecule has 186 valence electrons. The van der Waals surface area contributed by atoms with Gasteiger partial charge in [0.2, 0.25) is 0 Å². The number of aliphatic hydroxyl groups excluding tert-OH is 1. The quantitative estimate of drug-likeness (QED) is 0.393. The molecule has 0 aliphatic carbocycles. The van der Waals surface area contributed by atoms with Crippen molar-refractivity contribution < 1.29 is 14.7 Å². The lowest BCUT2D eigenvalue weighted by atomic mass is 9.88.